The summed E-state index contributed by atoms with van der Waals surface area (Å²) in [7, 11) is 0. The van der Waals surface area contributed by atoms with Crippen molar-refractivity contribution in [2.45, 2.75) is 13.3 Å². The van der Waals surface area contributed by atoms with Crippen molar-refractivity contribution < 1.29 is 0 Å². The highest BCUT2D eigenvalue weighted by molar-refractivity contribution is 5.47. The van der Waals surface area contributed by atoms with Crippen LogP contribution in [0.5, 0.6) is 0 Å². The monoisotopic (exact) mass is 162 g/mol. The lowest BCUT2D eigenvalue weighted by Gasteiger charge is -1.90. The Morgan fingerprint density at radius 3 is 1.58 bits per heavy atom. The van der Waals surface area contributed by atoms with Crippen molar-refractivity contribution in [1.29, 1.82) is 0 Å². The normalized spacial score (nSPS) is 7.67. The SMILES string of the molecule is C#CCC.Nc1ccc(N)cc1. The molecule has 0 spiro atoms. The van der Waals surface area contributed by atoms with Crippen LogP contribution in [0.15, 0.2) is 24.3 Å². The van der Waals surface area contributed by atoms with Gasteiger partial charge in [0.2, 0.25) is 0 Å². The molecule has 12 heavy (non-hydrogen) atoms. The maximum atomic E-state index is 5.37. The van der Waals surface area contributed by atoms with Crippen molar-refractivity contribution in [2.75, 3.05) is 11.5 Å². The quantitative estimate of drug-likeness (QED) is 0.452. The Balaban J connectivity index is 0.000000261. The van der Waals surface area contributed by atoms with E-state index >= 15 is 0 Å². The molecule has 0 bridgehead atoms. The van der Waals surface area contributed by atoms with Crippen molar-refractivity contribution in [1.82, 2.24) is 0 Å². The summed E-state index contributed by atoms with van der Waals surface area (Å²) in [6.45, 7) is 1.94. The highest BCUT2D eigenvalue weighted by Crippen LogP contribution is 2.04. The summed E-state index contributed by atoms with van der Waals surface area (Å²) in [6.07, 6.45) is 5.62. The summed E-state index contributed by atoms with van der Waals surface area (Å²) in [4.78, 5) is 0. The molecule has 0 unspecified atom stereocenters. The molecule has 0 saturated heterocycles. The van der Waals surface area contributed by atoms with Gasteiger partial charge in [-0.3, -0.25) is 0 Å². The van der Waals surface area contributed by atoms with Crippen LogP contribution in [-0.2, 0) is 0 Å². The van der Waals surface area contributed by atoms with Gasteiger partial charge in [0.1, 0.15) is 0 Å². The first-order valence-electron chi connectivity index (χ1n) is 3.75. The average Bonchev–Trinajstić information content (AvgIpc) is 2.11. The number of nitrogens with two attached hydrogens (primary N) is 2. The van der Waals surface area contributed by atoms with Crippen molar-refractivity contribution in [3.05, 3.63) is 24.3 Å². The second-order valence-electron chi connectivity index (χ2n) is 2.22. The molecule has 0 aliphatic carbocycles. The highest BCUT2D eigenvalue weighted by atomic mass is 14.6. The molecule has 0 aromatic heterocycles. The molecule has 0 radical (unpaired) electrons. The second-order valence-corrected chi connectivity index (χ2v) is 2.22. The van der Waals surface area contributed by atoms with Crippen LogP contribution in [0.3, 0.4) is 0 Å². The molecule has 1 rings (SSSR count). The van der Waals surface area contributed by atoms with Gasteiger partial charge in [0.15, 0.2) is 0 Å². The zero-order chi connectivity index (χ0) is 9.40. The van der Waals surface area contributed by atoms with Gasteiger partial charge < -0.3 is 11.5 Å². The lowest BCUT2D eigenvalue weighted by Crippen LogP contribution is -1.86. The molecular formula is C10H14N2. The van der Waals surface area contributed by atoms with E-state index in [4.69, 9.17) is 17.9 Å². The minimum atomic E-state index is 0.749. The Kier molecular flexibility index (Phi) is 5.29. The van der Waals surface area contributed by atoms with Gasteiger partial charge in [0, 0.05) is 17.8 Å². The van der Waals surface area contributed by atoms with Gasteiger partial charge in [-0.25, -0.2) is 0 Å². The van der Waals surface area contributed by atoms with Gasteiger partial charge in [-0.2, -0.15) is 0 Å². The Labute approximate surface area is 73.6 Å². The van der Waals surface area contributed by atoms with Crippen LogP contribution in [-0.4, -0.2) is 0 Å². The molecule has 0 aliphatic rings. The molecule has 0 aliphatic heterocycles. The molecule has 0 heterocycles. The Morgan fingerprint density at radius 2 is 1.42 bits per heavy atom. The number of rotatable bonds is 0. The van der Waals surface area contributed by atoms with E-state index in [0.29, 0.717) is 0 Å². The Hall–Kier alpha value is -1.62. The van der Waals surface area contributed by atoms with Gasteiger partial charge in [0.05, 0.1) is 0 Å². The van der Waals surface area contributed by atoms with E-state index in [0.717, 1.165) is 17.8 Å². The summed E-state index contributed by atoms with van der Waals surface area (Å²) in [6, 6.07) is 7.09. The number of nitrogen functional groups attached to an aromatic ring is 2. The maximum absolute atomic E-state index is 5.37. The standard InChI is InChI=1S/C6H8N2.C4H6/c7-5-1-2-6(8)4-3-5;1-3-4-2/h1-4H,7-8H2;1H,4H2,2H3. The van der Waals surface area contributed by atoms with E-state index < -0.39 is 0 Å². The summed E-state index contributed by atoms with van der Waals surface area (Å²) in [5.74, 6) is 2.43. The average molecular weight is 162 g/mol. The molecule has 2 nitrogen and oxygen atoms in total. The van der Waals surface area contributed by atoms with Crippen molar-refractivity contribution in [3.63, 3.8) is 0 Å². The van der Waals surface area contributed by atoms with Crippen LogP contribution in [0, 0.1) is 12.3 Å². The van der Waals surface area contributed by atoms with E-state index in [-0.39, 0.29) is 0 Å². The summed E-state index contributed by atoms with van der Waals surface area (Å²) in [5, 5.41) is 0. The lowest BCUT2D eigenvalue weighted by atomic mass is 10.3. The highest BCUT2D eigenvalue weighted by Gasteiger charge is 1.80. The molecular weight excluding hydrogens is 148 g/mol. The molecule has 0 atom stereocenters. The van der Waals surface area contributed by atoms with Crippen LogP contribution in [0.1, 0.15) is 13.3 Å². The van der Waals surface area contributed by atoms with Crippen molar-refractivity contribution >= 4 is 11.4 Å². The minimum Gasteiger partial charge on any atom is -0.399 e. The smallest absolute Gasteiger partial charge is 0.0315 e. The molecule has 0 fully saturated rings. The third-order valence-electron chi connectivity index (χ3n) is 1.14. The van der Waals surface area contributed by atoms with E-state index in [1.54, 1.807) is 24.3 Å². The second kappa shape index (κ2) is 6.11. The van der Waals surface area contributed by atoms with Crippen LogP contribution in [0.4, 0.5) is 11.4 Å². The molecule has 4 N–H and O–H groups in total. The van der Waals surface area contributed by atoms with Crippen molar-refractivity contribution in [3.8, 4) is 12.3 Å². The Bertz CT molecular complexity index is 223. The molecule has 0 amide bonds. The minimum absolute atomic E-state index is 0.749. The van der Waals surface area contributed by atoms with Gasteiger partial charge in [-0.05, 0) is 24.3 Å². The number of benzene rings is 1. The summed E-state index contributed by atoms with van der Waals surface area (Å²) < 4.78 is 0. The third kappa shape index (κ3) is 5.19. The van der Waals surface area contributed by atoms with Crippen LogP contribution < -0.4 is 11.5 Å². The number of anilines is 2. The maximum Gasteiger partial charge on any atom is 0.0315 e. The predicted octanol–water partition coefficient (Wildman–Crippen LogP) is 1.88. The fraction of sp³-hybridized carbons (Fsp3) is 0.200. The van der Waals surface area contributed by atoms with E-state index in [1.165, 1.54) is 0 Å². The summed E-state index contributed by atoms with van der Waals surface area (Å²) >= 11 is 0. The number of hydrogen-bond acceptors (Lipinski definition) is 2. The fourth-order valence-corrected chi connectivity index (χ4v) is 0.496. The third-order valence-corrected chi connectivity index (χ3v) is 1.14. The zero-order valence-electron chi connectivity index (χ0n) is 7.25. The van der Waals surface area contributed by atoms with Crippen LogP contribution in [0.2, 0.25) is 0 Å². The predicted molar refractivity (Wildman–Crippen MR) is 54.4 cm³/mol. The first-order valence-corrected chi connectivity index (χ1v) is 3.75. The molecule has 2 heteroatoms. The molecule has 1 aromatic rings. The zero-order valence-corrected chi connectivity index (χ0v) is 7.25. The number of hydrogen-bond donors (Lipinski definition) is 2. The van der Waals surface area contributed by atoms with Gasteiger partial charge in [0.25, 0.3) is 0 Å². The number of terminal acetylenes is 1. The van der Waals surface area contributed by atoms with Crippen LogP contribution >= 0.6 is 0 Å². The summed E-state index contributed by atoms with van der Waals surface area (Å²) in [5.41, 5.74) is 12.2. The largest absolute Gasteiger partial charge is 0.399 e. The molecule has 0 saturated carbocycles. The van der Waals surface area contributed by atoms with E-state index in [9.17, 15) is 0 Å². The first kappa shape index (κ1) is 10.4. The van der Waals surface area contributed by atoms with Gasteiger partial charge in [-0.1, -0.05) is 6.92 Å². The van der Waals surface area contributed by atoms with E-state index in [2.05, 4.69) is 5.92 Å². The topological polar surface area (TPSA) is 52.0 Å². The van der Waals surface area contributed by atoms with Crippen molar-refractivity contribution in [2.24, 2.45) is 0 Å². The van der Waals surface area contributed by atoms with Gasteiger partial charge in [-0.15, -0.1) is 12.3 Å². The first-order chi connectivity index (χ1) is 5.70. The van der Waals surface area contributed by atoms with Gasteiger partial charge >= 0.3 is 0 Å². The molecule has 1 aromatic carbocycles. The molecule has 64 valence electrons. The fourth-order valence-electron chi connectivity index (χ4n) is 0.496. The van der Waals surface area contributed by atoms with Crippen LogP contribution in [0.25, 0.3) is 0 Å². The lowest BCUT2D eigenvalue weighted by molar-refractivity contribution is 1.28. The van der Waals surface area contributed by atoms with E-state index in [1.807, 2.05) is 6.92 Å². The Morgan fingerprint density at radius 1 is 1.17 bits per heavy atom.